The number of aliphatic hydroxyl groups is 1. The molecule has 1 aromatic rings. The van der Waals surface area contributed by atoms with E-state index in [1.54, 1.807) is 6.92 Å². The van der Waals surface area contributed by atoms with Crippen LogP contribution in [-0.2, 0) is 0 Å². The summed E-state index contributed by atoms with van der Waals surface area (Å²) in [6.45, 7) is 4.51. The summed E-state index contributed by atoms with van der Waals surface area (Å²) in [7, 11) is 0. The molecular formula is C12H18ClNO. The van der Waals surface area contributed by atoms with Crippen molar-refractivity contribution in [3.8, 4) is 0 Å². The van der Waals surface area contributed by atoms with Crippen molar-refractivity contribution < 1.29 is 5.11 Å². The standard InChI is InChI=1S/C12H18ClNO/c1-3-12(14-8-9(2)15)10-4-6-11(13)7-5-10/h4-7,9,12,14-15H,3,8H2,1-2H3/t9-,12-/m0/s1. The molecule has 0 fully saturated rings. The molecule has 0 aliphatic carbocycles. The van der Waals surface area contributed by atoms with E-state index in [1.165, 1.54) is 5.56 Å². The molecule has 2 atom stereocenters. The molecule has 0 aliphatic rings. The van der Waals surface area contributed by atoms with Crippen LogP contribution in [0.3, 0.4) is 0 Å². The van der Waals surface area contributed by atoms with Crippen LogP contribution in [0.2, 0.25) is 5.02 Å². The van der Waals surface area contributed by atoms with Crippen molar-refractivity contribution in [2.45, 2.75) is 32.4 Å². The Kier molecular flexibility index (Phi) is 5.09. The first kappa shape index (κ1) is 12.5. The predicted octanol–water partition coefficient (Wildman–Crippen LogP) is 2.76. The highest BCUT2D eigenvalue weighted by Crippen LogP contribution is 2.18. The van der Waals surface area contributed by atoms with Gasteiger partial charge in [-0.1, -0.05) is 30.7 Å². The summed E-state index contributed by atoms with van der Waals surface area (Å²) >= 11 is 5.83. The lowest BCUT2D eigenvalue weighted by molar-refractivity contribution is 0.185. The molecule has 0 saturated heterocycles. The fraction of sp³-hybridized carbons (Fsp3) is 0.500. The highest BCUT2D eigenvalue weighted by Gasteiger charge is 2.08. The molecule has 0 bridgehead atoms. The first-order valence-corrected chi connectivity index (χ1v) is 5.68. The zero-order valence-corrected chi connectivity index (χ0v) is 9.96. The lowest BCUT2D eigenvalue weighted by atomic mass is 10.0. The second kappa shape index (κ2) is 6.11. The Hall–Kier alpha value is -0.570. The van der Waals surface area contributed by atoms with E-state index in [0.29, 0.717) is 6.54 Å². The number of benzene rings is 1. The molecule has 2 nitrogen and oxygen atoms in total. The molecule has 0 saturated carbocycles. The van der Waals surface area contributed by atoms with E-state index in [-0.39, 0.29) is 12.1 Å². The Bertz CT molecular complexity index is 284. The minimum absolute atomic E-state index is 0.289. The van der Waals surface area contributed by atoms with Gasteiger partial charge in [-0.25, -0.2) is 0 Å². The number of hydrogen-bond acceptors (Lipinski definition) is 2. The van der Waals surface area contributed by atoms with Gasteiger partial charge in [-0.15, -0.1) is 0 Å². The molecule has 0 aliphatic heterocycles. The van der Waals surface area contributed by atoms with Crippen molar-refractivity contribution in [3.63, 3.8) is 0 Å². The summed E-state index contributed by atoms with van der Waals surface area (Å²) in [5.74, 6) is 0. The van der Waals surface area contributed by atoms with Gasteiger partial charge in [0.05, 0.1) is 6.10 Å². The van der Waals surface area contributed by atoms with Crippen molar-refractivity contribution in [2.24, 2.45) is 0 Å². The number of aliphatic hydroxyl groups excluding tert-OH is 1. The highest BCUT2D eigenvalue weighted by molar-refractivity contribution is 6.30. The van der Waals surface area contributed by atoms with Crippen LogP contribution in [0.15, 0.2) is 24.3 Å². The van der Waals surface area contributed by atoms with E-state index in [0.717, 1.165) is 11.4 Å². The van der Waals surface area contributed by atoms with Crippen molar-refractivity contribution in [1.29, 1.82) is 0 Å². The van der Waals surface area contributed by atoms with Gasteiger partial charge >= 0.3 is 0 Å². The smallest absolute Gasteiger partial charge is 0.0636 e. The van der Waals surface area contributed by atoms with Crippen molar-refractivity contribution >= 4 is 11.6 Å². The first-order valence-electron chi connectivity index (χ1n) is 5.30. The molecule has 1 rings (SSSR count). The maximum Gasteiger partial charge on any atom is 0.0636 e. The Morgan fingerprint density at radius 2 is 1.93 bits per heavy atom. The highest BCUT2D eigenvalue weighted by atomic mass is 35.5. The van der Waals surface area contributed by atoms with E-state index in [2.05, 4.69) is 12.2 Å². The van der Waals surface area contributed by atoms with Crippen molar-refractivity contribution in [3.05, 3.63) is 34.9 Å². The van der Waals surface area contributed by atoms with Crippen molar-refractivity contribution in [1.82, 2.24) is 5.32 Å². The third-order valence-electron chi connectivity index (χ3n) is 2.34. The largest absolute Gasteiger partial charge is 0.392 e. The quantitative estimate of drug-likeness (QED) is 0.811. The molecule has 15 heavy (non-hydrogen) atoms. The maximum atomic E-state index is 9.20. The van der Waals surface area contributed by atoms with Crippen LogP contribution in [-0.4, -0.2) is 17.8 Å². The third kappa shape index (κ3) is 4.20. The fourth-order valence-electron chi connectivity index (χ4n) is 1.51. The Morgan fingerprint density at radius 1 is 1.33 bits per heavy atom. The van der Waals surface area contributed by atoms with Gasteiger partial charge in [-0.3, -0.25) is 0 Å². The first-order chi connectivity index (χ1) is 7.13. The Morgan fingerprint density at radius 3 is 2.40 bits per heavy atom. The average molecular weight is 228 g/mol. The Balaban J connectivity index is 2.61. The van der Waals surface area contributed by atoms with Gasteiger partial charge in [-0.2, -0.15) is 0 Å². The predicted molar refractivity (Wildman–Crippen MR) is 64.2 cm³/mol. The molecule has 0 amide bonds. The lowest BCUT2D eigenvalue weighted by Gasteiger charge is -2.18. The minimum atomic E-state index is -0.314. The van der Waals surface area contributed by atoms with Crippen molar-refractivity contribution in [2.75, 3.05) is 6.54 Å². The second-order valence-electron chi connectivity index (χ2n) is 3.77. The third-order valence-corrected chi connectivity index (χ3v) is 2.59. The maximum absolute atomic E-state index is 9.20. The van der Waals surface area contributed by atoms with Crippen LogP contribution < -0.4 is 5.32 Å². The second-order valence-corrected chi connectivity index (χ2v) is 4.21. The molecule has 3 heteroatoms. The molecule has 84 valence electrons. The van der Waals surface area contributed by atoms with E-state index >= 15 is 0 Å². The summed E-state index contributed by atoms with van der Waals surface area (Å²) in [5.41, 5.74) is 1.21. The van der Waals surface area contributed by atoms with E-state index < -0.39 is 0 Å². The van der Waals surface area contributed by atoms with Crippen LogP contribution in [0.4, 0.5) is 0 Å². The van der Waals surface area contributed by atoms with Crippen LogP contribution in [0.5, 0.6) is 0 Å². The van der Waals surface area contributed by atoms with Crippen LogP contribution in [0, 0.1) is 0 Å². The summed E-state index contributed by atoms with van der Waals surface area (Å²) in [4.78, 5) is 0. The minimum Gasteiger partial charge on any atom is -0.392 e. The Labute approximate surface area is 96.3 Å². The van der Waals surface area contributed by atoms with Gasteiger partial charge in [0.25, 0.3) is 0 Å². The number of nitrogens with one attached hydrogen (secondary N) is 1. The molecule has 0 spiro atoms. The zero-order chi connectivity index (χ0) is 11.3. The summed E-state index contributed by atoms with van der Waals surface area (Å²) in [6.07, 6.45) is 0.681. The molecule has 0 unspecified atom stereocenters. The molecule has 0 heterocycles. The molecule has 1 aromatic carbocycles. The number of halogens is 1. The molecular weight excluding hydrogens is 210 g/mol. The van der Waals surface area contributed by atoms with Gasteiger partial charge in [0.2, 0.25) is 0 Å². The van der Waals surface area contributed by atoms with E-state index in [4.69, 9.17) is 11.6 Å². The molecule has 0 radical (unpaired) electrons. The van der Waals surface area contributed by atoms with E-state index in [1.807, 2.05) is 24.3 Å². The number of rotatable bonds is 5. The molecule has 2 N–H and O–H groups in total. The number of hydrogen-bond donors (Lipinski definition) is 2. The van der Waals surface area contributed by atoms with Gasteiger partial charge in [0, 0.05) is 17.6 Å². The lowest BCUT2D eigenvalue weighted by Crippen LogP contribution is -2.28. The topological polar surface area (TPSA) is 32.3 Å². The van der Waals surface area contributed by atoms with Crippen LogP contribution in [0.1, 0.15) is 31.9 Å². The van der Waals surface area contributed by atoms with Gasteiger partial charge in [0.15, 0.2) is 0 Å². The van der Waals surface area contributed by atoms with Gasteiger partial charge in [-0.05, 0) is 31.0 Å². The average Bonchev–Trinajstić information content (AvgIpc) is 2.21. The monoisotopic (exact) mass is 227 g/mol. The molecule has 0 aromatic heterocycles. The van der Waals surface area contributed by atoms with Crippen LogP contribution >= 0.6 is 11.6 Å². The SMILES string of the molecule is CC[C@H](NC[C@H](C)O)c1ccc(Cl)cc1. The summed E-state index contributed by atoms with van der Waals surface area (Å²) in [6, 6.07) is 8.11. The zero-order valence-electron chi connectivity index (χ0n) is 9.20. The fourth-order valence-corrected chi connectivity index (χ4v) is 1.63. The summed E-state index contributed by atoms with van der Waals surface area (Å²) in [5, 5.41) is 13.3. The van der Waals surface area contributed by atoms with Crippen LogP contribution in [0.25, 0.3) is 0 Å². The normalized spacial score (nSPS) is 14.9. The van der Waals surface area contributed by atoms with Gasteiger partial charge < -0.3 is 10.4 Å². The van der Waals surface area contributed by atoms with Gasteiger partial charge in [0.1, 0.15) is 0 Å². The summed E-state index contributed by atoms with van der Waals surface area (Å²) < 4.78 is 0. The van der Waals surface area contributed by atoms with E-state index in [9.17, 15) is 5.11 Å².